The van der Waals surface area contributed by atoms with Gasteiger partial charge < -0.3 is 20.1 Å². The van der Waals surface area contributed by atoms with Crippen LogP contribution >= 0.6 is 0 Å². The van der Waals surface area contributed by atoms with Gasteiger partial charge >= 0.3 is 5.97 Å². The largest absolute Gasteiger partial charge is 0.497 e. The van der Waals surface area contributed by atoms with Gasteiger partial charge in [-0.2, -0.15) is 0 Å². The quantitative estimate of drug-likeness (QED) is 0.479. The number of fused-ring (bicyclic) bond motifs is 1. The van der Waals surface area contributed by atoms with Gasteiger partial charge in [0.1, 0.15) is 11.2 Å². The number of carboxylic acids is 1. The fraction of sp³-hybridized carbons (Fsp3) is 0.389. The van der Waals surface area contributed by atoms with E-state index in [1.54, 1.807) is 30.3 Å². The number of aliphatic hydroxyl groups excluding tert-OH is 2. The van der Waals surface area contributed by atoms with Crippen molar-refractivity contribution < 1.29 is 29.8 Å². The molecule has 140 valence electrons. The number of aliphatic hydroxyl groups is 2. The predicted molar refractivity (Wildman–Crippen MR) is 94.0 cm³/mol. The van der Waals surface area contributed by atoms with Crippen LogP contribution in [0.15, 0.2) is 36.4 Å². The average Bonchev–Trinajstić information content (AvgIpc) is 2.61. The van der Waals surface area contributed by atoms with Crippen molar-refractivity contribution in [3.05, 3.63) is 52.1 Å². The summed E-state index contributed by atoms with van der Waals surface area (Å²) >= 11 is 0. The minimum Gasteiger partial charge on any atom is -0.497 e. The number of hydrogen-bond acceptors (Lipinski definition) is 6. The minimum absolute atomic E-state index is 0.174. The Morgan fingerprint density at radius 3 is 2.42 bits per heavy atom. The molecule has 3 atom stereocenters. The van der Waals surface area contributed by atoms with Gasteiger partial charge in [0.05, 0.1) is 19.8 Å². The molecule has 0 aliphatic heterocycles. The standard InChI is InChI=1S/C18H21NO7/c1-11(19(24)25)7-16(21)18(10-20,17(22)23)14-5-3-13-9-15(26-2)6-4-12(13)8-14/h3-6,8-9,11,16,20-21H,7,10H2,1-2H3,(H,22,23)/t11?,16?,18-/m1/s1. The zero-order valence-corrected chi connectivity index (χ0v) is 14.5. The van der Waals surface area contributed by atoms with E-state index in [0.717, 1.165) is 5.39 Å². The first-order valence-electron chi connectivity index (χ1n) is 8.00. The first-order chi connectivity index (χ1) is 12.3. The van der Waals surface area contributed by atoms with Gasteiger partial charge in [0.25, 0.3) is 0 Å². The SMILES string of the molecule is COc1ccc2cc([C@@](CO)(C(=O)O)C(O)CC(C)[N+](=O)[O-])ccc2c1. The lowest BCUT2D eigenvalue weighted by molar-refractivity contribution is -0.520. The summed E-state index contributed by atoms with van der Waals surface area (Å²) in [5.74, 6) is -0.812. The van der Waals surface area contributed by atoms with Gasteiger partial charge in [-0.25, -0.2) is 0 Å². The average molecular weight is 363 g/mol. The molecule has 2 rings (SSSR count). The number of nitrogens with zero attached hydrogens (tertiary/aromatic N) is 1. The van der Waals surface area contributed by atoms with Gasteiger partial charge in [0, 0.05) is 18.3 Å². The summed E-state index contributed by atoms with van der Waals surface area (Å²) in [7, 11) is 1.53. The number of hydrogen-bond donors (Lipinski definition) is 3. The van der Waals surface area contributed by atoms with Crippen LogP contribution in [0.3, 0.4) is 0 Å². The number of nitro groups is 1. The second-order valence-electron chi connectivity index (χ2n) is 6.25. The smallest absolute Gasteiger partial charge is 0.319 e. The van der Waals surface area contributed by atoms with Gasteiger partial charge in [-0.1, -0.05) is 18.2 Å². The normalized spacial score (nSPS) is 15.8. The number of benzene rings is 2. The summed E-state index contributed by atoms with van der Waals surface area (Å²) < 4.78 is 5.15. The molecule has 0 spiro atoms. The lowest BCUT2D eigenvalue weighted by atomic mass is 9.74. The van der Waals surface area contributed by atoms with E-state index in [-0.39, 0.29) is 5.56 Å². The highest BCUT2D eigenvalue weighted by atomic mass is 16.6. The number of rotatable bonds is 8. The highest BCUT2D eigenvalue weighted by molar-refractivity contribution is 5.88. The van der Waals surface area contributed by atoms with Crippen LogP contribution in [0.1, 0.15) is 18.9 Å². The van der Waals surface area contributed by atoms with Crippen molar-refractivity contribution in [2.24, 2.45) is 0 Å². The molecular weight excluding hydrogens is 342 g/mol. The summed E-state index contributed by atoms with van der Waals surface area (Å²) in [4.78, 5) is 22.2. The molecule has 3 N–H and O–H groups in total. The van der Waals surface area contributed by atoms with Crippen LogP contribution in [0, 0.1) is 10.1 Å². The van der Waals surface area contributed by atoms with E-state index in [0.29, 0.717) is 11.1 Å². The molecule has 0 bridgehead atoms. The molecule has 2 unspecified atom stereocenters. The van der Waals surface area contributed by atoms with Crippen LogP contribution in [0.25, 0.3) is 10.8 Å². The topological polar surface area (TPSA) is 130 Å². The van der Waals surface area contributed by atoms with E-state index in [2.05, 4.69) is 0 Å². The third-order valence-electron chi connectivity index (χ3n) is 4.69. The molecule has 0 aliphatic rings. The Kier molecular flexibility index (Phi) is 5.79. The molecule has 8 heteroatoms. The Morgan fingerprint density at radius 2 is 1.88 bits per heavy atom. The maximum atomic E-state index is 12.0. The molecule has 2 aromatic carbocycles. The van der Waals surface area contributed by atoms with Gasteiger partial charge in [-0.05, 0) is 34.5 Å². The number of aliphatic carboxylic acids is 1. The lowest BCUT2D eigenvalue weighted by Gasteiger charge is -2.33. The molecule has 2 aromatic rings. The van der Waals surface area contributed by atoms with E-state index in [1.165, 1.54) is 20.1 Å². The molecule has 0 aliphatic carbocycles. The van der Waals surface area contributed by atoms with Gasteiger partial charge in [0.15, 0.2) is 0 Å². The van der Waals surface area contributed by atoms with Crippen molar-refractivity contribution in [1.82, 2.24) is 0 Å². The van der Waals surface area contributed by atoms with Crippen LogP contribution in [-0.2, 0) is 10.2 Å². The zero-order valence-electron chi connectivity index (χ0n) is 14.5. The van der Waals surface area contributed by atoms with Crippen LogP contribution in [-0.4, -0.2) is 52.1 Å². The second kappa shape index (κ2) is 7.67. The van der Waals surface area contributed by atoms with Crippen molar-refractivity contribution in [3.63, 3.8) is 0 Å². The van der Waals surface area contributed by atoms with E-state index >= 15 is 0 Å². The predicted octanol–water partition coefficient (Wildman–Crippen LogP) is 1.58. The molecule has 0 fully saturated rings. The zero-order chi connectivity index (χ0) is 19.5. The summed E-state index contributed by atoms with van der Waals surface area (Å²) in [5.41, 5.74) is -1.88. The van der Waals surface area contributed by atoms with Crippen molar-refractivity contribution in [2.75, 3.05) is 13.7 Å². The number of ether oxygens (including phenoxy) is 1. The summed E-state index contributed by atoms with van der Waals surface area (Å²) in [6.07, 6.45) is -2.04. The monoisotopic (exact) mass is 363 g/mol. The Hall–Kier alpha value is -2.71. The maximum Gasteiger partial charge on any atom is 0.319 e. The van der Waals surface area contributed by atoms with E-state index in [9.17, 15) is 30.2 Å². The summed E-state index contributed by atoms with van der Waals surface area (Å²) in [5, 5.41) is 42.4. The number of methoxy groups -OCH3 is 1. The minimum atomic E-state index is -2.06. The molecule has 0 heterocycles. The Labute approximate surface area is 149 Å². The van der Waals surface area contributed by atoms with Crippen molar-refractivity contribution in [2.45, 2.75) is 30.9 Å². The Morgan fingerprint density at radius 1 is 1.27 bits per heavy atom. The van der Waals surface area contributed by atoms with Gasteiger partial charge in [-0.3, -0.25) is 14.9 Å². The van der Waals surface area contributed by atoms with Crippen LogP contribution in [0.5, 0.6) is 5.75 Å². The molecule has 26 heavy (non-hydrogen) atoms. The Bertz CT molecular complexity index is 822. The summed E-state index contributed by atoms with van der Waals surface area (Å²) in [6.45, 7) is 0.384. The lowest BCUT2D eigenvalue weighted by Crippen LogP contribution is -2.51. The third kappa shape index (κ3) is 3.47. The number of carboxylic acid groups (broad SMARTS) is 1. The highest BCUT2D eigenvalue weighted by Gasteiger charge is 2.48. The van der Waals surface area contributed by atoms with Gasteiger partial charge in [-0.15, -0.1) is 0 Å². The van der Waals surface area contributed by atoms with Crippen LogP contribution in [0.2, 0.25) is 0 Å². The molecule has 0 radical (unpaired) electrons. The first kappa shape index (κ1) is 19.6. The molecule has 0 aromatic heterocycles. The van der Waals surface area contributed by atoms with Crippen molar-refractivity contribution in [1.29, 1.82) is 0 Å². The van der Waals surface area contributed by atoms with E-state index < -0.39 is 41.5 Å². The first-order valence-corrected chi connectivity index (χ1v) is 8.00. The highest BCUT2D eigenvalue weighted by Crippen LogP contribution is 2.34. The fourth-order valence-electron chi connectivity index (χ4n) is 2.96. The molecule has 0 amide bonds. The molecular formula is C18H21NO7. The van der Waals surface area contributed by atoms with Gasteiger partial charge in [0.2, 0.25) is 6.04 Å². The fourth-order valence-corrected chi connectivity index (χ4v) is 2.96. The van der Waals surface area contributed by atoms with E-state index in [4.69, 9.17) is 4.74 Å². The third-order valence-corrected chi connectivity index (χ3v) is 4.69. The maximum absolute atomic E-state index is 12.0. The molecule has 8 nitrogen and oxygen atoms in total. The summed E-state index contributed by atoms with van der Waals surface area (Å²) in [6, 6.07) is 8.76. The second-order valence-corrected chi connectivity index (χ2v) is 6.25. The molecule has 0 saturated carbocycles. The Balaban J connectivity index is 2.53. The van der Waals surface area contributed by atoms with Crippen molar-refractivity contribution >= 4 is 16.7 Å². The van der Waals surface area contributed by atoms with Crippen molar-refractivity contribution in [3.8, 4) is 5.75 Å². The van der Waals surface area contributed by atoms with E-state index in [1.807, 2.05) is 0 Å². The van der Waals surface area contributed by atoms with Crippen LogP contribution < -0.4 is 4.74 Å². The number of carbonyl (C=O) groups is 1. The molecule has 0 saturated heterocycles. The van der Waals surface area contributed by atoms with Crippen LogP contribution in [0.4, 0.5) is 0 Å².